The number of hydrogen-bond acceptors (Lipinski definition) is 3. The van der Waals surface area contributed by atoms with Gasteiger partial charge in [-0.3, -0.25) is 4.79 Å². The maximum absolute atomic E-state index is 12.3. The van der Waals surface area contributed by atoms with Gasteiger partial charge in [0.15, 0.2) is 0 Å². The molecule has 0 N–H and O–H groups in total. The van der Waals surface area contributed by atoms with Crippen molar-refractivity contribution in [2.45, 2.75) is 13.8 Å². The Kier molecular flexibility index (Phi) is 3.94. The number of allylic oxidation sites excluding steroid dienone is 1. The number of nitrogens with zero attached hydrogens (tertiary/aromatic N) is 1. The van der Waals surface area contributed by atoms with Gasteiger partial charge in [0.1, 0.15) is 11.6 Å². The highest BCUT2D eigenvalue weighted by Crippen LogP contribution is 2.20. The molecule has 0 fully saturated rings. The van der Waals surface area contributed by atoms with Crippen molar-refractivity contribution in [2.24, 2.45) is 0 Å². The molecule has 2 nitrogen and oxygen atoms in total. The molecule has 94 valence electrons. The number of carbonyl (C=O) groups excluding carboxylic acids is 1. The number of ketones is 1. The maximum atomic E-state index is 12.3. The third-order valence-corrected chi connectivity index (χ3v) is 3.64. The van der Waals surface area contributed by atoms with Crippen molar-refractivity contribution in [3.63, 3.8) is 0 Å². The van der Waals surface area contributed by atoms with Crippen LogP contribution in [0.1, 0.15) is 25.7 Å². The van der Waals surface area contributed by atoms with Crippen LogP contribution in [0.2, 0.25) is 0 Å². The minimum Gasteiger partial charge on any atom is -0.288 e. The SMILES string of the molecule is Cc1cccc(C(=O)/C(C#N)=C/c2ccc(C)s2)c1. The molecule has 0 atom stereocenters. The van der Waals surface area contributed by atoms with Gasteiger partial charge in [0.25, 0.3) is 0 Å². The van der Waals surface area contributed by atoms with Gasteiger partial charge >= 0.3 is 0 Å². The van der Waals surface area contributed by atoms with Gasteiger partial charge < -0.3 is 0 Å². The molecule has 0 aliphatic rings. The van der Waals surface area contributed by atoms with E-state index in [1.807, 2.05) is 44.2 Å². The minimum atomic E-state index is -0.225. The highest BCUT2D eigenvalue weighted by atomic mass is 32.1. The Bertz CT molecular complexity index is 689. The van der Waals surface area contributed by atoms with Crippen LogP contribution in [-0.4, -0.2) is 5.78 Å². The molecule has 0 saturated carbocycles. The Morgan fingerprint density at radius 3 is 2.63 bits per heavy atom. The Morgan fingerprint density at radius 2 is 2.05 bits per heavy atom. The minimum absolute atomic E-state index is 0.174. The van der Waals surface area contributed by atoms with Crippen LogP contribution in [0.15, 0.2) is 42.0 Å². The second-order valence-corrected chi connectivity index (χ2v) is 5.64. The van der Waals surface area contributed by atoms with Gasteiger partial charge in [-0.1, -0.05) is 23.8 Å². The lowest BCUT2D eigenvalue weighted by atomic mass is 10.0. The molecule has 1 heterocycles. The third-order valence-electron chi connectivity index (χ3n) is 2.69. The molecule has 1 aromatic carbocycles. The fourth-order valence-corrected chi connectivity index (χ4v) is 2.58. The first-order chi connectivity index (χ1) is 9.10. The number of rotatable bonds is 3. The van der Waals surface area contributed by atoms with Gasteiger partial charge in [0, 0.05) is 15.3 Å². The van der Waals surface area contributed by atoms with E-state index >= 15 is 0 Å². The summed E-state index contributed by atoms with van der Waals surface area (Å²) >= 11 is 1.57. The van der Waals surface area contributed by atoms with Crippen LogP contribution in [0.25, 0.3) is 6.08 Å². The summed E-state index contributed by atoms with van der Waals surface area (Å²) in [5.41, 5.74) is 1.74. The van der Waals surface area contributed by atoms with Crippen LogP contribution in [0.3, 0.4) is 0 Å². The van der Waals surface area contributed by atoms with Crippen molar-refractivity contribution in [3.05, 3.63) is 62.9 Å². The number of benzene rings is 1. The first-order valence-corrected chi connectivity index (χ1v) is 6.71. The standard InChI is InChI=1S/C16H13NOS/c1-11-4-3-5-13(8-11)16(18)14(10-17)9-15-7-6-12(2)19-15/h3-9H,1-2H3/b14-9+. The van der Waals surface area contributed by atoms with E-state index in [2.05, 4.69) is 0 Å². The quantitative estimate of drug-likeness (QED) is 0.476. The summed E-state index contributed by atoms with van der Waals surface area (Å²) in [6.07, 6.45) is 1.66. The molecule has 0 aliphatic heterocycles. The van der Waals surface area contributed by atoms with Crippen LogP contribution in [0.5, 0.6) is 0 Å². The van der Waals surface area contributed by atoms with Gasteiger partial charge in [-0.2, -0.15) is 5.26 Å². The zero-order chi connectivity index (χ0) is 13.8. The van der Waals surface area contributed by atoms with Gasteiger partial charge in [0.05, 0.1) is 0 Å². The molecular weight excluding hydrogens is 254 g/mol. The molecule has 0 spiro atoms. The van der Waals surface area contributed by atoms with E-state index in [9.17, 15) is 4.79 Å². The van der Waals surface area contributed by atoms with Crippen LogP contribution in [0, 0.1) is 25.2 Å². The fraction of sp³-hybridized carbons (Fsp3) is 0.125. The highest BCUT2D eigenvalue weighted by molar-refractivity contribution is 7.12. The second-order valence-electron chi connectivity index (χ2n) is 4.32. The number of hydrogen-bond donors (Lipinski definition) is 0. The average molecular weight is 267 g/mol. The number of carbonyl (C=O) groups is 1. The predicted molar refractivity (Wildman–Crippen MR) is 78.2 cm³/mol. The molecule has 19 heavy (non-hydrogen) atoms. The van der Waals surface area contributed by atoms with Crippen LogP contribution >= 0.6 is 11.3 Å². The van der Waals surface area contributed by atoms with E-state index in [1.54, 1.807) is 29.5 Å². The van der Waals surface area contributed by atoms with Crippen LogP contribution in [0.4, 0.5) is 0 Å². The van der Waals surface area contributed by atoms with Crippen molar-refractivity contribution < 1.29 is 4.79 Å². The predicted octanol–water partition coefficient (Wildman–Crippen LogP) is 4.15. The summed E-state index contributed by atoms with van der Waals surface area (Å²) in [5.74, 6) is -0.225. The van der Waals surface area contributed by atoms with Crippen molar-refractivity contribution in [1.29, 1.82) is 5.26 Å². The zero-order valence-corrected chi connectivity index (χ0v) is 11.6. The summed E-state index contributed by atoms with van der Waals surface area (Å²) in [5, 5.41) is 9.16. The first kappa shape index (κ1) is 13.3. The Hall–Kier alpha value is -2.18. The number of Topliss-reactive ketones (excluding diaryl/α,β-unsaturated/α-hetero) is 1. The van der Waals surface area contributed by atoms with E-state index in [1.165, 1.54) is 0 Å². The lowest BCUT2D eigenvalue weighted by Crippen LogP contribution is -2.01. The largest absolute Gasteiger partial charge is 0.288 e. The Balaban J connectivity index is 2.35. The lowest BCUT2D eigenvalue weighted by Gasteiger charge is -2.00. The molecule has 2 rings (SSSR count). The molecule has 0 unspecified atom stereocenters. The molecule has 0 saturated heterocycles. The summed E-state index contributed by atoms with van der Waals surface area (Å²) in [6, 6.07) is 13.2. The van der Waals surface area contributed by atoms with Gasteiger partial charge in [-0.05, 0) is 38.1 Å². The summed E-state index contributed by atoms with van der Waals surface area (Å²) in [7, 11) is 0. The first-order valence-electron chi connectivity index (χ1n) is 5.90. The Morgan fingerprint density at radius 1 is 1.26 bits per heavy atom. The van der Waals surface area contributed by atoms with E-state index < -0.39 is 0 Å². The molecule has 3 heteroatoms. The van der Waals surface area contributed by atoms with E-state index in [4.69, 9.17) is 5.26 Å². The maximum Gasteiger partial charge on any atom is 0.203 e. The summed E-state index contributed by atoms with van der Waals surface area (Å²) in [4.78, 5) is 14.3. The number of aryl methyl sites for hydroxylation is 2. The molecule has 0 aliphatic carbocycles. The molecule has 2 aromatic rings. The third kappa shape index (κ3) is 3.18. The normalized spacial score (nSPS) is 11.1. The van der Waals surface area contributed by atoms with Crippen molar-refractivity contribution in [2.75, 3.05) is 0 Å². The molecule has 0 amide bonds. The average Bonchev–Trinajstić information content (AvgIpc) is 2.81. The summed E-state index contributed by atoms with van der Waals surface area (Å²) in [6.45, 7) is 3.92. The van der Waals surface area contributed by atoms with E-state index in [0.29, 0.717) is 5.56 Å². The summed E-state index contributed by atoms with van der Waals surface area (Å²) < 4.78 is 0. The number of thiophene rings is 1. The van der Waals surface area contributed by atoms with Crippen LogP contribution < -0.4 is 0 Å². The number of nitriles is 1. The van der Waals surface area contributed by atoms with Gasteiger partial charge in [-0.15, -0.1) is 11.3 Å². The molecule has 0 bridgehead atoms. The monoisotopic (exact) mass is 267 g/mol. The lowest BCUT2D eigenvalue weighted by molar-refractivity contribution is 0.104. The van der Waals surface area contributed by atoms with Crippen molar-refractivity contribution in [1.82, 2.24) is 0 Å². The van der Waals surface area contributed by atoms with Gasteiger partial charge in [0.2, 0.25) is 5.78 Å². The van der Waals surface area contributed by atoms with Gasteiger partial charge in [-0.25, -0.2) is 0 Å². The fourth-order valence-electron chi connectivity index (χ4n) is 1.76. The smallest absolute Gasteiger partial charge is 0.203 e. The highest BCUT2D eigenvalue weighted by Gasteiger charge is 2.12. The van der Waals surface area contributed by atoms with Crippen molar-refractivity contribution in [3.8, 4) is 6.07 Å². The van der Waals surface area contributed by atoms with E-state index in [-0.39, 0.29) is 11.4 Å². The van der Waals surface area contributed by atoms with E-state index in [0.717, 1.165) is 15.3 Å². The molecule has 0 radical (unpaired) electrons. The Labute approximate surface area is 116 Å². The second kappa shape index (κ2) is 5.64. The topological polar surface area (TPSA) is 40.9 Å². The van der Waals surface area contributed by atoms with Crippen molar-refractivity contribution >= 4 is 23.2 Å². The van der Waals surface area contributed by atoms with Crippen LogP contribution in [-0.2, 0) is 0 Å². The zero-order valence-electron chi connectivity index (χ0n) is 10.8. The molecule has 1 aromatic heterocycles. The molecular formula is C16H13NOS.